The standard InChI is InChI=1S/C8H7ClO5S/c1-14-8(10)5-2-3-6(9)7(4-5)15(11,12)13/h2-4H,1H3,(H,11,12,13). The Morgan fingerprint density at radius 2 is 2.07 bits per heavy atom. The number of carbonyl (C=O) groups excluding carboxylic acids is 1. The SMILES string of the molecule is COC(=O)c1ccc(Cl)c(S(=O)(=O)O)c1. The Hall–Kier alpha value is -1.11. The summed E-state index contributed by atoms with van der Waals surface area (Å²) in [5.74, 6) is -0.712. The minimum absolute atomic E-state index is 0.00507. The Kier molecular flexibility index (Phi) is 3.33. The highest BCUT2D eigenvalue weighted by molar-refractivity contribution is 7.86. The molecule has 1 rings (SSSR count). The molecule has 0 atom stereocenters. The lowest BCUT2D eigenvalue weighted by atomic mass is 10.2. The Morgan fingerprint density at radius 1 is 1.47 bits per heavy atom. The van der Waals surface area contributed by atoms with Crippen LogP contribution in [-0.2, 0) is 14.9 Å². The largest absolute Gasteiger partial charge is 0.465 e. The van der Waals surface area contributed by atoms with Crippen molar-refractivity contribution in [3.63, 3.8) is 0 Å². The normalized spacial score (nSPS) is 11.1. The van der Waals surface area contributed by atoms with Crippen LogP contribution in [0.2, 0.25) is 5.02 Å². The number of rotatable bonds is 2. The van der Waals surface area contributed by atoms with Crippen LogP contribution in [0.3, 0.4) is 0 Å². The van der Waals surface area contributed by atoms with Crippen LogP contribution < -0.4 is 0 Å². The molecule has 0 aliphatic carbocycles. The fourth-order valence-electron chi connectivity index (χ4n) is 0.946. The average molecular weight is 251 g/mol. The first-order valence-electron chi connectivity index (χ1n) is 3.71. The molecule has 1 aromatic rings. The molecule has 0 bridgehead atoms. The molecule has 0 heterocycles. The van der Waals surface area contributed by atoms with Gasteiger partial charge in [-0.05, 0) is 18.2 Å². The molecule has 0 aliphatic rings. The number of halogens is 1. The molecule has 0 unspecified atom stereocenters. The third kappa shape index (κ3) is 2.68. The summed E-state index contributed by atoms with van der Waals surface area (Å²) in [7, 11) is -3.28. The Labute approximate surface area is 91.4 Å². The number of hydrogen-bond acceptors (Lipinski definition) is 4. The first kappa shape index (κ1) is 12.0. The molecule has 0 aliphatic heterocycles. The van der Waals surface area contributed by atoms with E-state index in [1.165, 1.54) is 12.1 Å². The molecule has 0 spiro atoms. The van der Waals surface area contributed by atoms with Gasteiger partial charge >= 0.3 is 5.97 Å². The molecule has 0 radical (unpaired) electrons. The number of hydrogen-bond donors (Lipinski definition) is 1. The summed E-state index contributed by atoms with van der Waals surface area (Å²) in [5, 5.41) is -0.162. The van der Waals surface area contributed by atoms with Gasteiger partial charge in [-0.1, -0.05) is 11.6 Å². The second kappa shape index (κ2) is 4.18. The lowest BCUT2D eigenvalue weighted by Gasteiger charge is -2.03. The average Bonchev–Trinajstić information content (AvgIpc) is 2.15. The maximum Gasteiger partial charge on any atom is 0.337 e. The fraction of sp³-hybridized carbons (Fsp3) is 0.125. The molecule has 0 aromatic heterocycles. The van der Waals surface area contributed by atoms with Crippen molar-refractivity contribution < 1.29 is 22.5 Å². The quantitative estimate of drug-likeness (QED) is 0.633. The Morgan fingerprint density at radius 3 is 2.53 bits per heavy atom. The molecule has 0 fully saturated rings. The lowest BCUT2D eigenvalue weighted by Crippen LogP contribution is -2.05. The topological polar surface area (TPSA) is 80.7 Å². The highest BCUT2D eigenvalue weighted by Gasteiger charge is 2.17. The van der Waals surface area contributed by atoms with E-state index in [4.69, 9.17) is 16.2 Å². The maximum absolute atomic E-state index is 11.1. The first-order valence-corrected chi connectivity index (χ1v) is 5.53. The Balaban J connectivity index is 3.36. The van der Waals surface area contributed by atoms with Gasteiger partial charge in [0.15, 0.2) is 0 Å². The molecule has 0 saturated heterocycles. The van der Waals surface area contributed by atoms with Gasteiger partial charge < -0.3 is 4.74 Å². The molecule has 7 heteroatoms. The van der Waals surface area contributed by atoms with E-state index in [9.17, 15) is 13.2 Å². The summed E-state index contributed by atoms with van der Waals surface area (Å²) in [6, 6.07) is 3.43. The van der Waals surface area contributed by atoms with Crippen LogP contribution >= 0.6 is 11.6 Å². The van der Waals surface area contributed by atoms with E-state index in [1.807, 2.05) is 0 Å². The lowest BCUT2D eigenvalue weighted by molar-refractivity contribution is 0.0600. The predicted molar refractivity (Wildman–Crippen MR) is 52.6 cm³/mol. The zero-order valence-electron chi connectivity index (χ0n) is 7.60. The van der Waals surface area contributed by atoms with Crippen molar-refractivity contribution in [3.8, 4) is 0 Å². The minimum Gasteiger partial charge on any atom is -0.465 e. The van der Waals surface area contributed by atoms with Crippen LogP contribution in [0.15, 0.2) is 23.1 Å². The van der Waals surface area contributed by atoms with Gasteiger partial charge in [0.25, 0.3) is 10.1 Å². The van der Waals surface area contributed by atoms with Crippen LogP contribution in [0.1, 0.15) is 10.4 Å². The molecule has 0 amide bonds. The van der Waals surface area contributed by atoms with Crippen LogP contribution in [-0.4, -0.2) is 26.0 Å². The second-order valence-electron chi connectivity index (χ2n) is 2.61. The molecular formula is C8H7ClO5S. The summed E-state index contributed by atoms with van der Waals surface area (Å²) in [5.41, 5.74) is -0.00507. The highest BCUT2D eigenvalue weighted by Crippen LogP contribution is 2.22. The van der Waals surface area contributed by atoms with Crippen molar-refractivity contribution in [1.82, 2.24) is 0 Å². The van der Waals surface area contributed by atoms with Crippen molar-refractivity contribution in [2.45, 2.75) is 4.90 Å². The monoisotopic (exact) mass is 250 g/mol. The zero-order chi connectivity index (χ0) is 11.6. The van der Waals surface area contributed by atoms with Gasteiger partial charge in [0.1, 0.15) is 4.90 Å². The number of esters is 1. The minimum atomic E-state index is -4.44. The third-order valence-electron chi connectivity index (χ3n) is 1.63. The molecular weight excluding hydrogens is 244 g/mol. The van der Waals surface area contributed by atoms with Gasteiger partial charge in [-0.15, -0.1) is 0 Å². The molecule has 1 N–H and O–H groups in total. The van der Waals surface area contributed by atoms with Crippen molar-refractivity contribution >= 4 is 27.7 Å². The van der Waals surface area contributed by atoms with Gasteiger partial charge in [0, 0.05) is 0 Å². The van der Waals surface area contributed by atoms with Crippen LogP contribution in [0.25, 0.3) is 0 Å². The van der Waals surface area contributed by atoms with E-state index in [0.717, 1.165) is 13.2 Å². The number of benzene rings is 1. The van der Waals surface area contributed by atoms with E-state index >= 15 is 0 Å². The second-order valence-corrected chi connectivity index (χ2v) is 4.41. The summed E-state index contributed by atoms with van der Waals surface area (Å²) in [6.45, 7) is 0. The molecule has 5 nitrogen and oxygen atoms in total. The van der Waals surface area contributed by atoms with E-state index in [1.54, 1.807) is 0 Å². The van der Waals surface area contributed by atoms with Crippen molar-refractivity contribution in [2.24, 2.45) is 0 Å². The molecule has 15 heavy (non-hydrogen) atoms. The van der Waals surface area contributed by atoms with Crippen LogP contribution in [0.5, 0.6) is 0 Å². The predicted octanol–water partition coefficient (Wildman–Crippen LogP) is 1.37. The van der Waals surface area contributed by atoms with Gasteiger partial charge in [-0.3, -0.25) is 4.55 Å². The maximum atomic E-state index is 11.1. The van der Waals surface area contributed by atoms with E-state index < -0.39 is 21.0 Å². The van der Waals surface area contributed by atoms with Crippen molar-refractivity contribution in [1.29, 1.82) is 0 Å². The van der Waals surface area contributed by atoms with Crippen molar-refractivity contribution in [2.75, 3.05) is 7.11 Å². The molecule has 82 valence electrons. The van der Waals surface area contributed by atoms with E-state index in [-0.39, 0.29) is 10.6 Å². The fourth-order valence-corrected chi connectivity index (χ4v) is 1.95. The van der Waals surface area contributed by atoms with Gasteiger partial charge in [0.2, 0.25) is 0 Å². The first-order chi connectivity index (χ1) is 6.86. The van der Waals surface area contributed by atoms with E-state index in [2.05, 4.69) is 4.74 Å². The van der Waals surface area contributed by atoms with Gasteiger partial charge in [-0.2, -0.15) is 8.42 Å². The molecule has 0 saturated carbocycles. The number of methoxy groups -OCH3 is 1. The van der Waals surface area contributed by atoms with Gasteiger partial charge in [0.05, 0.1) is 17.7 Å². The van der Waals surface area contributed by atoms with E-state index in [0.29, 0.717) is 0 Å². The number of ether oxygens (including phenoxy) is 1. The summed E-state index contributed by atoms with van der Waals surface area (Å²) in [6.07, 6.45) is 0. The molecule has 1 aromatic carbocycles. The zero-order valence-corrected chi connectivity index (χ0v) is 9.17. The highest BCUT2D eigenvalue weighted by atomic mass is 35.5. The smallest absolute Gasteiger partial charge is 0.337 e. The Bertz CT molecular complexity index is 494. The van der Waals surface area contributed by atoms with Crippen LogP contribution in [0, 0.1) is 0 Å². The summed E-state index contributed by atoms with van der Waals surface area (Å²) >= 11 is 5.54. The third-order valence-corrected chi connectivity index (χ3v) is 2.97. The van der Waals surface area contributed by atoms with Gasteiger partial charge in [-0.25, -0.2) is 4.79 Å². The van der Waals surface area contributed by atoms with Crippen molar-refractivity contribution in [3.05, 3.63) is 28.8 Å². The van der Waals surface area contributed by atoms with Crippen LogP contribution in [0.4, 0.5) is 0 Å². The number of carbonyl (C=O) groups is 1. The summed E-state index contributed by atoms with van der Waals surface area (Å²) in [4.78, 5) is 10.5. The summed E-state index contributed by atoms with van der Waals surface area (Å²) < 4.78 is 34.8.